The Morgan fingerprint density at radius 1 is 1.15 bits per heavy atom. The highest BCUT2D eigenvalue weighted by atomic mass is 35.5. The second kappa shape index (κ2) is 6.55. The maximum Gasteiger partial charge on any atom is 0.195 e. The van der Waals surface area contributed by atoms with Crippen molar-refractivity contribution in [2.45, 2.75) is 0 Å². The van der Waals surface area contributed by atoms with Gasteiger partial charge in [-0.3, -0.25) is 4.79 Å². The predicted molar refractivity (Wildman–Crippen MR) is 83.3 cm³/mol. The number of carbonyl (C=O) groups excluding carboxylic acids is 1. The van der Waals surface area contributed by atoms with E-state index in [9.17, 15) is 4.79 Å². The van der Waals surface area contributed by atoms with Crippen LogP contribution in [0.4, 0.5) is 5.69 Å². The van der Waals surface area contributed by atoms with Crippen LogP contribution in [0.25, 0.3) is 0 Å². The third-order valence-electron chi connectivity index (χ3n) is 2.64. The molecule has 0 saturated carbocycles. The summed E-state index contributed by atoms with van der Waals surface area (Å²) in [6, 6.07) is 13.8. The third kappa shape index (κ3) is 3.38. The molecule has 5 heteroatoms. The first-order valence-corrected chi connectivity index (χ1v) is 6.81. The van der Waals surface area contributed by atoms with Gasteiger partial charge in [0.2, 0.25) is 0 Å². The number of nitrogens with two attached hydrogens (primary N) is 1. The molecule has 0 spiro atoms. The van der Waals surface area contributed by atoms with Crippen molar-refractivity contribution in [3.05, 3.63) is 64.7 Å². The standard InChI is InChI=1S/C15H12Cl2N2O/c16-9-14(18)19-13-7-6-11(17)8-12(13)15(20)10-4-2-1-3-5-10/h1-8H,9H2,(H2,18,19). The van der Waals surface area contributed by atoms with Crippen LogP contribution in [0.15, 0.2) is 53.5 Å². The zero-order chi connectivity index (χ0) is 14.5. The van der Waals surface area contributed by atoms with Gasteiger partial charge in [0.05, 0.1) is 11.6 Å². The number of hydrogen-bond donors (Lipinski definition) is 1. The fourth-order valence-corrected chi connectivity index (χ4v) is 1.95. The number of rotatable bonds is 4. The Morgan fingerprint density at radius 3 is 2.50 bits per heavy atom. The van der Waals surface area contributed by atoms with Gasteiger partial charge in [0.25, 0.3) is 0 Å². The van der Waals surface area contributed by atoms with E-state index in [1.54, 1.807) is 42.5 Å². The molecule has 0 fully saturated rings. The normalized spacial score (nSPS) is 11.4. The minimum absolute atomic E-state index is 0.0988. The lowest BCUT2D eigenvalue weighted by Crippen LogP contribution is -2.13. The molecule has 3 nitrogen and oxygen atoms in total. The average Bonchev–Trinajstić information content (AvgIpc) is 2.49. The van der Waals surface area contributed by atoms with Crippen molar-refractivity contribution >= 4 is 40.5 Å². The van der Waals surface area contributed by atoms with Gasteiger partial charge in [0.1, 0.15) is 5.84 Å². The summed E-state index contributed by atoms with van der Waals surface area (Å²) in [7, 11) is 0. The molecule has 0 aliphatic carbocycles. The van der Waals surface area contributed by atoms with Gasteiger partial charge in [-0.25, -0.2) is 4.99 Å². The molecule has 0 aliphatic heterocycles. The molecule has 0 saturated heterocycles. The zero-order valence-corrected chi connectivity index (χ0v) is 12.0. The highest BCUT2D eigenvalue weighted by Crippen LogP contribution is 2.26. The zero-order valence-electron chi connectivity index (χ0n) is 10.5. The van der Waals surface area contributed by atoms with Gasteiger partial charge in [0.15, 0.2) is 5.78 Å². The molecule has 20 heavy (non-hydrogen) atoms. The predicted octanol–water partition coefficient (Wildman–Crippen LogP) is 3.80. The molecule has 0 unspecified atom stereocenters. The van der Waals surface area contributed by atoms with Gasteiger partial charge in [-0.15, -0.1) is 11.6 Å². The Hall–Kier alpha value is -1.84. The SMILES string of the molecule is NC(CCl)=Nc1ccc(Cl)cc1C(=O)c1ccccc1. The number of hydrogen-bond acceptors (Lipinski definition) is 2. The number of ketones is 1. The minimum atomic E-state index is -0.158. The molecule has 0 radical (unpaired) electrons. The quantitative estimate of drug-likeness (QED) is 0.404. The molecule has 2 aromatic rings. The van der Waals surface area contributed by atoms with E-state index in [0.717, 1.165) is 0 Å². The third-order valence-corrected chi connectivity index (χ3v) is 3.15. The second-order valence-corrected chi connectivity index (χ2v) is 4.80. The van der Waals surface area contributed by atoms with Gasteiger partial charge >= 0.3 is 0 Å². The molecule has 0 amide bonds. The first-order chi connectivity index (χ1) is 9.61. The Kier molecular flexibility index (Phi) is 4.77. The maximum absolute atomic E-state index is 12.5. The first-order valence-electron chi connectivity index (χ1n) is 5.90. The van der Waals surface area contributed by atoms with E-state index >= 15 is 0 Å². The molecule has 0 aromatic heterocycles. The lowest BCUT2D eigenvalue weighted by atomic mass is 10.0. The van der Waals surface area contributed by atoms with E-state index in [2.05, 4.69) is 4.99 Å². The van der Waals surface area contributed by atoms with Crippen LogP contribution in [-0.4, -0.2) is 17.5 Å². The molecule has 102 valence electrons. The fourth-order valence-electron chi connectivity index (χ4n) is 1.72. The highest BCUT2D eigenvalue weighted by Gasteiger charge is 2.14. The van der Waals surface area contributed by atoms with Crippen molar-refractivity contribution in [3.8, 4) is 0 Å². The Labute approximate surface area is 127 Å². The van der Waals surface area contributed by atoms with Gasteiger partial charge in [0, 0.05) is 16.1 Å². The summed E-state index contributed by atoms with van der Waals surface area (Å²) >= 11 is 11.6. The van der Waals surface area contributed by atoms with Crippen LogP contribution >= 0.6 is 23.2 Å². The van der Waals surface area contributed by atoms with E-state index in [-0.39, 0.29) is 17.5 Å². The van der Waals surface area contributed by atoms with Crippen molar-refractivity contribution in [1.82, 2.24) is 0 Å². The van der Waals surface area contributed by atoms with Crippen molar-refractivity contribution in [1.29, 1.82) is 0 Å². The van der Waals surface area contributed by atoms with Crippen LogP contribution in [-0.2, 0) is 0 Å². The second-order valence-electron chi connectivity index (χ2n) is 4.09. The summed E-state index contributed by atoms with van der Waals surface area (Å²) in [4.78, 5) is 16.6. The van der Waals surface area contributed by atoms with E-state index in [1.807, 2.05) is 6.07 Å². The lowest BCUT2D eigenvalue weighted by Gasteiger charge is -2.06. The van der Waals surface area contributed by atoms with Crippen LogP contribution in [0.1, 0.15) is 15.9 Å². The molecular weight excluding hydrogens is 295 g/mol. The largest absolute Gasteiger partial charge is 0.386 e. The van der Waals surface area contributed by atoms with Crippen LogP contribution in [0.3, 0.4) is 0 Å². The fraction of sp³-hybridized carbons (Fsp3) is 0.0667. The summed E-state index contributed by atoms with van der Waals surface area (Å²) in [5.41, 5.74) is 7.05. The number of benzene rings is 2. The summed E-state index contributed by atoms with van der Waals surface area (Å²) in [5.74, 6) is 0.187. The van der Waals surface area contributed by atoms with E-state index in [0.29, 0.717) is 21.8 Å². The van der Waals surface area contributed by atoms with E-state index in [1.165, 1.54) is 0 Å². The van der Waals surface area contributed by atoms with E-state index < -0.39 is 0 Å². The van der Waals surface area contributed by atoms with Crippen molar-refractivity contribution < 1.29 is 4.79 Å². The van der Waals surface area contributed by atoms with Gasteiger partial charge in [-0.1, -0.05) is 41.9 Å². The van der Waals surface area contributed by atoms with Crippen LogP contribution in [0.2, 0.25) is 5.02 Å². The van der Waals surface area contributed by atoms with Crippen molar-refractivity contribution in [3.63, 3.8) is 0 Å². The summed E-state index contributed by atoms with van der Waals surface area (Å²) in [5, 5.41) is 0.465. The summed E-state index contributed by atoms with van der Waals surface area (Å²) in [6.45, 7) is 0. The van der Waals surface area contributed by atoms with Crippen molar-refractivity contribution in [2.75, 3.05) is 5.88 Å². The molecule has 0 aliphatic rings. The number of carbonyl (C=O) groups is 1. The first kappa shape index (κ1) is 14.6. The molecule has 2 N–H and O–H groups in total. The summed E-state index contributed by atoms with van der Waals surface area (Å²) in [6.07, 6.45) is 0. The van der Waals surface area contributed by atoms with Gasteiger partial charge < -0.3 is 5.73 Å². The topological polar surface area (TPSA) is 55.4 Å². The molecule has 0 heterocycles. The van der Waals surface area contributed by atoms with Crippen LogP contribution in [0, 0.1) is 0 Å². The molecule has 0 bridgehead atoms. The number of nitrogens with zero attached hydrogens (tertiary/aromatic N) is 1. The van der Waals surface area contributed by atoms with Crippen molar-refractivity contribution in [2.24, 2.45) is 10.7 Å². The average molecular weight is 307 g/mol. The molecular formula is C15H12Cl2N2O. The Bertz CT molecular complexity index is 654. The Balaban J connectivity index is 2.50. The maximum atomic E-state index is 12.5. The van der Waals surface area contributed by atoms with E-state index in [4.69, 9.17) is 28.9 Å². The lowest BCUT2D eigenvalue weighted by molar-refractivity contribution is 0.103. The molecule has 2 rings (SSSR count). The Morgan fingerprint density at radius 2 is 1.85 bits per heavy atom. The molecule has 2 aromatic carbocycles. The van der Waals surface area contributed by atoms with Gasteiger partial charge in [-0.05, 0) is 18.2 Å². The molecule has 0 atom stereocenters. The van der Waals surface area contributed by atoms with Crippen LogP contribution < -0.4 is 5.73 Å². The van der Waals surface area contributed by atoms with Gasteiger partial charge in [-0.2, -0.15) is 0 Å². The van der Waals surface area contributed by atoms with Crippen LogP contribution in [0.5, 0.6) is 0 Å². The minimum Gasteiger partial charge on any atom is -0.386 e. The number of aliphatic imine (C=N–C) groups is 1. The number of amidine groups is 1. The monoisotopic (exact) mass is 306 g/mol. The summed E-state index contributed by atoms with van der Waals surface area (Å²) < 4.78 is 0. The number of halogens is 2. The highest BCUT2D eigenvalue weighted by molar-refractivity contribution is 6.31. The number of alkyl halides is 1. The smallest absolute Gasteiger partial charge is 0.195 e.